The summed E-state index contributed by atoms with van der Waals surface area (Å²) in [5.41, 5.74) is 0.478. The molecule has 1 aliphatic rings. The number of benzene rings is 2. The molecule has 5 rings (SSSR count). The lowest BCUT2D eigenvalue weighted by Crippen LogP contribution is -2.34. The minimum absolute atomic E-state index is 0.0718. The Morgan fingerprint density at radius 1 is 0.944 bits per heavy atom. The quantitative estimate of drug-likeness (QED) is 0.390. The van der Waals surface area contributed by atoms with Crippen LogP contribution in [0, 0.1) is 0 Å². The highest BCUT2D eigenvalue weighted by Gasteiger charge is 2.20. The van der Waals surface area contributed by atoms with Crippen LogP contribution in [0.3, 0.4) is 0 Å². The molecule has 10 nitrogen and oxygen atoms in total. The smallest absolute Gasteiger partial charge is 0.352 e. The topological polar surface area (TPSA) is 120 Å². The number of nitrogens with zero attached hydrogens (tertiary/aromatic N) is 4. The lowest BCUT2D eigenvalue weighted by Gasteiger charge is -2.13. The number of fused-ring (bicyclic) bond motifs is 3. The van der Waals surface area contributed by atoms with Crippen molar-refractivity contribution < 1.29 is 9.59 Å². The van der Waals surface area contributed by atoms with Crippen LogP contribution in [0.15, 0.2) is 64.2 Å². The first kappa shape index (κ1) is 23.5. The van der Waals surface area contributed by atoms with E-state index in [1.54, 1.807) is 24.3 Å². The summed E-state index contributed by atoms with van der Waals surface area (Å²) in [6, 6.07) is 16.4. The molecule has 36 heavy (non-hydrogen) atoms. The zero-order valence-electron chi connectivity index (χ0n) is 19.9. The number of nitrogens with one attached hydrogen (secondary N) is 2. The van der Waals surface area contributed by atoms with Gasteiger partial charge in [0.1, 0.15) is 6.54 Å². The minimum atomic E-state index is -0.528. The third kappa shape index (κ3) is 4.79. The van der Waals surface area contributed by atoms with E-state index in [2.05, 4.69) is 15.7 Å². The molecule has 186 valence electrons. The van der Waals surface area contributed by atoms with E-state index in [0.717, 1.165) is 35.9 Å². The summed E-state index contributed by atoms with van der Waals surface area (Å²) in [6.07, 6.45) is 4.24. The van der Waals surface area contributed by atoms with E-state index < -0.39 is 5.69 Å². The van der Waals surface area contributed by atoms with Gasteiger partial charge in [-0.05, 0) is 30.5 Å². The number of hydrogen-bond acceptors (Lipinski definition) is 5. The Morgan fingerprint density at radius 3 is 2.44 bits per heavy atom. The van der Waals surface area contributed by atoms with Crippen molar-refractivity contribution in [1.29, 1.82) is 0 Å². The molecule has 0 unspecified atom stereocenters. The predicted octanol–water partition coefficient (Wildman–Crippen LogP) is 1.58. The van der Waals surface area contributed by atoms with Gasteiger partial charge in [0.2, 0.25) is 17.6 Å². The molecule has 2 aromatic carbocycles. The fourth-order valence-electron chi connectivity index (χ4n) is 4.74. The van der Waals surface area contributed by atoms with Crippen molar-refractivity contribution in [3.8, 4) is 0 Å². The zero-order chi connectivity index (χ0) is 25.1. The number of hydrogen-bond donors (Lipinski definition) is 2. The van der Waals surface area contributed by atoms with Gasteiger partial charge in [-0.15, -0.1) is 5.10 Å². The maximum atomic E-state index is 13.3. The number of para-hydroxylation sites is 1. The molecular weight excluding hydrogens is 460 g/mol. The lowest BCUT2D eigenvalue weighted by molar-refractivity contribution is -0.122. The Labute approximate surface area is 206 Å². The second-order valence-electron chi connectivity index (χ2n) is 9.11. The van der Waals surface area contributed by atoms with Gasteiger partial charge in [-0.25, -0.2) is 13.9 Å². The number of aryl methyl sites for hydroxylation is 1. The van der Waals surface area contributed by atoms with Crippen LogP contribution in [0.25, 0.3) is 16.7 Å². The van der Waals surface area contributed by atoms with E-state index in [4.69, 9.17) is 0 Å². The highest BCUT2D eigenvalue weighted by Crippen LogP contribution is 2.17. The maximum absolute atomic E-state index is 13.3. The van der Waals surface area contributed by atoms with Crippen molar-refractivity contribution >= 4 is 28.5 Å². The molecule has 2 N–H and O–H groups in total. The lowest BCUT2D eigenvalue weighted by atomic mass is 10.2. The van der Waals surface area contributed by atoms with Crippen molar-refractivity contribution in [2.24, 2.45) is 0 Å². The largest absolute Gasteiger partial charge is 0.353 e. The summed E-state index contributed by atoms with van der Waals surface area (Å²) in [4.78, 5) is 51.6. The van der Waals surface area contributed by atoms with E-state index in [-0.39, 0.29) is 48.7 Å². The Balaban J connectivity index is 1.43. The van der Waals surface area contributed by atoms with Gasteiger partial charge in [-0.2, -0.15) is 0 Å². The van der Waals surface area contributed by atoms with Crippen LogP contribution in [0.1, 0.15) is 37.7 Å². The third-order valence-electron chi connectivity index (χ3n) is 6.59. The second-order valence-corrected chi connectivity index (χ2v) is 9.11. The van der Waals surface area contributed by atoms with E-state index in [0.29, 0.717) is 17.4 Å². The Bertz CT molecular complexity index is 1530. The van der Waals surface area contributed by atoms with Gasteiger partial charge in [-0.1, -0.05) is 55.3 Å². The van der Waals surface area contributed by atoms with Crippen LogP contribution in [-0.4, -0.2) is 36.6 Å². The fourth-order valence-corrected chi connectivity index (χ4v) is 4.74. The van der Waals surface area contributed by atoms with Gasteiger partial charge in [0.25, 0.3) is 5.56 Å². The van der Waals surface area contributed by atoms with E-state index in [9.17, 15) is 19.2 Å². The Kier molecular flexibility index (Phi) is 6.66. The molecule has 1 saturated carbocycles. The normalized spacial score (nSPS) is 13.9. The molecule has 0 spiro atoms. The van der Waals surface area contributed by atoms with E-state index >= 15 is 0 Å². The van der Waals surface area contributed by atoms with E-state index in [1.165, 1.54) is 8.97 Å². The van der Waals surface area contributed by atoms with Gasteiger partial charge in [-0.3, -0.25) is 19.0 Å². The highest BCUT2D eigenvalue weighted by atomic mass is 16.2. The zero-order valence-corrected chi connectivity index (χ0v) is 19.9. The summed E-state index contributed by atoms with van der Waals surface area (Å²) in [6.45, 7) is 0.103. The molecule has 0 aliphatic heterocycles. The van der Waals surface area contributed by atoms with E-state index in [1.807, 2.05) is 30.3 Å². The van der Waals surface area contributed by atoms with Gasteiger partial charge >= 0.3 is 5.69 Å². The number of carbonyl (C=O) groups excluding carboxylic acids is 2. The van der Waals surface area contributed by atoms with Gasteiger partial charge in [0, 0.05) is 25.6 Å². The monoisotopic (exact) mass is 488 g/mol. The van der Waals surface area contributed by atoms with Crippen LogP contribution in [0.4, 0.5) is 0 Å². The highest BCUT2D eigenvalue weighted by molar-refractivity contribution is 5.80. The molecule has 2 amide bonds. The molecule has 10 heteroatoms. The Hall–Kier alpha value is -4.21. The number of amides is 2. The van der Waals surface area contributed by atoms with Crippen molar-refractivity contribution in [3.63, 3.8) is 0 Å². The fraction of sp³-hybridized carbons (Fsp3) is 0.346. The Morgan fingerprint density at radius 2 is 1.67 bits per heavy atom. The van der Waals surface area contributed by atoms with Gasteiger partial charge < -0.3 is 10.6 Å². The van der Waals surface area contributed by atoms with Crippen molar-refractivity contribution in [3.05, 3.63) is 81.0 Å². The molecule has 4 aromatic rings. The molecule has 1 fully saturated rings. The molecular formula is C26H28N6O4. The SMILES string of the molecule is O=C(Cn1nc2n(CCC(=O)NC3CCCC3)c(=O)c3ccccc3n2c1=O)NCc1ccccc1. The van der Waals surface area contributed by atoms with Crippen LogP contribution >= 0.6 is 0 Å². The predicted molar refractivity (Wildman–Crippen MR) is 135 cm³/mol. The molecule has 0 radical (unpaired) electrons. The molecule has 0 saturated heterocycles. The molecule has 1 aliphatic carbocycles. The average Bonchev–Trinajstić information content (AvgIpc) is 3.51. The first-order chi connectivity index (χ1) is 17.5. The molecule has 2 aromatic heterocycles. The first-order valence-corrected chi connectivity index (χ1v) is 12.2. The van der Waals surface area contributed by atoms with Crippen LogP contribution < -0.4 is 21.9 Å². The van der Waals surface area contributed by atoms with Crippen molar-refractivity contribution in [2.75, 3.05) is 0 Å². The standard InChI is InChI=1S/C26H28N6O4/c33-22(28-19-10-4-5-11-19)14-15-30-24(35)20-12-6-7-13-21(20)32-25(30)29-31(26(32)36)17-23(34)27-16-18-8-2-1-3-9-18/h1-3,6-9,12-13,19H,4-5,10-11,14-17H2,(H,27,34)(H,28,33). The minimum Gasteiger partial charge on any atom is -0.353 e. The number of rotatable bonds is 8. The summed E-state index contributed by atoms with van der Waals surface area (Å²) in [7, 11) is 0. The molecule has 0 bridgehead atoms. The third-order valence-corrected chi connectivity index (χ3v) is 6.59. The maximum Gasteiger partial charge on any atom is 0.352 e. The van der Waals surface area contributed by atoms with Crippen LogP contribution in [0.2, 0.25) is 0 Å². The van der Waals surface area contributed by atoms with Crippen molar-refractivity contribution in [1.82, 2.24) is 29.4 Å². The van der Waals surface area contributed by atoms with Gasteiger partial charge in [0.05, 0.1) is 10.9 Å². The number of carbonyl (C=O) groups is 2. The van der Waals surface area contributed by atoms with Gasteiger partial charge in [0.15, 0.2) is 0 Å². The van der Waals surface area contributed by atoms with Crippen LogP contribution in [0.5, 0.6) is 0 Å². The molecule has 2 heterocycles. The van der Waals surface area contributed by atoms with Crippen molar-refractivity contribution in [2.45, 2.75) is 57.8 Å². The second kappa shape index (κ2) is 10.2. The molecule has 0 atom stereocenters. The average molecular weight is 489 g/mol. The summed E-state index contributed by atoms with van der Waals surface area (Å²) in [5, 5.41) is 10.5. The summed E-state index contributed by atoms with van der Waals surface area (Å²) < 4.78 is 3.73. The van der Waals surface area contributed by atoms with Crippen LogP contribution in [-0.2, 0) is 29.2 Å². The summed E-state index contributed by atoms with van der Waals surface area (Å²) in [5.74, 6) is -0.408. The first-order valence-electron chi connectivity index (χ1n) is 12.2. The number of aromatic nitrogens is 4. The summed E-state index contributed by atoms with van der Waals surface area (Å²) >= 11 is 0.